The Hall–Kier alpha value is -3.02. The number of aromatic nitrogens is 2. The van der Waals surface area contributed by atoms with Gasteiger partial charge in [0.15, 0.2) is 0 Å². The molecule has 0 saturated carbocycles. The summed E-state index contributed by atoms with van der Waals surface area (Å²) in [6.07, 6.45) is -3.30. The number of nitrogens with zero attached hydrogens (tertiary/aromatic N) is 3. The Bertz CT molecular complexity index is 1170. The van der Waals surface area contributed by atoms with Crippen LogP contribution < -0.4 is 10.2 Å². The Balaban J connectivity index is 1.59. The Morgan fingerprint density at radius 2 is 2.00 bits per heavy atom. The third-order valence-corrected chi connectivity index (χ3v) is 5.47. The smallest absolute Gasteiger partial charge is 0.314 e. The quantitative estimate of drug-likeness (QED) is 0.483. The van der Waals surface area contributed by atoms with Gasteiger partial charge in [-0.25, -0.2) is 8.78 Å². The first kappa shape index (κ1) is 24.1. The summed E-state index contributed by atoms with van der Waals surface area (Å²) in [6, 6.07) is 7.61. The molecule has 0 bridgehead atoms. The lowest BCUT2D eigenvalue weighted by atomic mass is 10.1. The molecule has 1 N–H and O–H groups in total. The first-order valence-corrected chi connectivity index (χ1v) is 10.7. The van der Waals surface area contributed by atoms with Gasteiger partial charge in [-0.1, -0.05) is 17.7 Å². The first-order valence-electron chi connectivity index (χ1n) is 10.3. The summed E-state index contributed by atoms with van der Waals surface area (Å²) in [7, 11) is 0. The van der Waals surface area contributed by atoms with Gasteiger partial charge in [0.2, 0.25) is 11.8 Å². The van der Waals surface area contributed by atoms with E-state index in [1.165, 1.54) is 29.2 Å². The third-order valence-electron chi connectivity index (χ3n) is 5.18. The minimum atomic E-state index is -2.95. The number of anilines is 1. The highest BCUT2D eigenvalue weighted by Gasteiger charge is 2.25. The van der Waals surface area contributed by atoms with E-state index in [0.717, 1.165) is 12.1 Å². The van der Waals surface area contributed by atoms with Gasteiger partial charge < -0.3 is 19.4 Å². The van der Waals surface area contributed by atoms with Crippen molar-refractivity contribution in [2.45, 2.75) is 25.5 Å². The molecule has 1 atom stereocenters. The minimum absolute atomic E-state index is 0.0140. The highest BCUT2D eigenvalue weighted by molar-refractivity contribution is 6.31. The van der Waals surface area contributed by atoms with Gasteiger partial charge in [0.25, 0.3) is 5.89 Å². The predicted octanol–water partition coefficient (Wildman–Crippen LogP) is 4.52. The van der Waals surface area contributed by atoms with Crippen LogP contribution in [0.15, 0.2) is 40.8 Å². The molecule has 7 nitrogen and oxygen atoms in total. The Kier molecular flexibility index (Phi) is 7.44. The van der Waals surface area contributed by atoms with Gasteiger partial charge in [-0.15, -0.1) is 10.2 Å². The van der Waals surface area contributed by atoms with Crippen molar-refractivity contribution in [3.8, 4) is 11.5 Å². The van der Waals surface area contributed by atoms with Gasteiger partial charge in [0.05, 0.1) is 30.7 Å². The van der Waals surface area contributed by atoms with Crippen LogP contribution in [0.25, 0.3) is 11.5 Å². The summed E-state index contributed by atoms with van der Waals surface area (Å²) in [5.41, 5.74) is 0.501. The zero-order valence-electron chi connectivity index (χ0n) is 17.6. The largest absolute Gasteiger partial charge is 0.415 e. The average Bonchev–Trinajstić information content (AvgIpc) is 3.31. The van der Waals surface area contributed by atoms with Gasteiger partial charge in [-0.3, -0.25) is 4.79 Å². The molecule has 1 fully saturated rings. The molecule has 2 heterocycles. The summed E-state index contributed by atoms with van der Waals surface area (Å²) >= 11 is 5.90. The maximum absolute atomic E-state index is 14.9. The van der Waals surface area contributed by atoms with Crippen LogP contribution in [-0.2, 0) is 16.1 Å². The zero-order valence-corrected chi connectivity index (χ0v) is 18.4. The summed E-state index contributed by atoms with van der Waals surface area (Å²) in [6.45, 7) is 1.43. The second-order valence-corrected chi connectivity index (χ2v) is 7.94. The van der Waals surface area contributed by atoms with Crippen molar-refractivity contribution >= 4 is 23.2 Å². The number of ether oxygens (including phenoxy) is 1. The Labute approximate surface area is 196 Å². The highest BCUT2D eigenvalue weighted by atomic mass is 35.5. The molecule has 1 saturated heterocycles. The highest BCUT2D eigenvalue weighted by Crippen LogP contribution is 2.28. The summed E-state index contributed by atoms with van der Waals surface area (Å²) in [5.74, 6) is -2.89. The molecule has 2 aromatic carbocycles. The van der Waals surface area contributed by atoms with Gasteiger partial charge in [0, 0.05) is 29.9 Å². The molecule has 1 unspecified atom stereocenters. The standard InChI is InChI=1S/C22H19ClF4N4O3/c23-16-8-14(3-4-17(16)24)31(19(32)9-15-10-28-5-6-33-15)11-13-2-1-12(7-18(13)25)21-29-30-22(34-21)20(26)27/h1-4,7-8,15,20,28H,5-6,9-11H2. The van der Waals surface area contributed by atoms with Crippen LogP contribution in [0.2, 0.25) is 5.02 Å². The van der Waals surface area contributed by atoms with E-state index in [9.17, 15) is 22.4 Å². The molecule has 4 rings (SSSR count). The fourth-order valence-corrected chi connectivity index (χ4v) is 3.63. The van der Waals surface area contributed by atoms with E-state index in [4.69, 9.17) is 20.8 Å². The lowest BCUT2D eigenvalue weighted by Gasteiger charge is -2.28. The van der Waals surface area contributed by atoms with E-state index >= 15 is 0 Å². The van der Waals surface area contributed by atoms with E-state index in [-0.39, 0.29) is 52.7 Å². The van der Waals surface area contributed by atoms with Crippen LogP contribution in [0, 0.1) is 11.6 Å². The van der Waals surface area contributed by atoms with Crippen molar-refractivity contribution in [1.29, 1.82) is 0 Å². The minimum Gasteiger partial charge on any atom is -0.415 e. The number of halogens is 5. The normalized spacial score (nSPS) is 16.1. The lowest BCUT2D eigenvalue weighted by molar-refractivity contribution is -0.122. The molecule has 34 heavy (non-hydrogen) atoms. The fourth-order valence-electron chi connectivity index (χ4n) is 3.45. The van der Waals surface area contributed by atoms with Crippen molar-refractivity contribution in [3.63, 3.8) is 0 Å². The van der Waals surface area contributed by atoms with E-state index in [2.05, 4.69) is 15.5 Å². The molecular formula is C22H19ClF4N4O3. The molecular weight excluding hydrogens is 480 g/mol. The van der Waals surface area contributed by atoms with E-state index in [1.807, 2.05) is 0 Å². The topological polar surface area (TPSA) is 80.5 Å². The number of benzene rings is 2. The number of rotatable bonds is 7. The van der Waals surface area contributed by atoms with E-state index < -0.39 is 24.0 Å². The molecule has 0 spiro atoms. The van der Waals surface area contributed by atoms with Crippen LogP contribution in [-0.4, -0.2) is 41.9 Å². The fraction of sp³-hybridized carbons (Fsp3) is 0.318. The van der Waals surface area contributed by atoms with Gasteiger partial charge in [-0.05, 0) is 30.3 Å². The van der Waals surface area contributed by atoms with Crippen LogP contribution in [0.4, 0.5) is 23.2 Å². The SMILES string of the molecule is O=C(CC1CNCCO1)N(Cc1ccc(-c2nnc(C(F)F)o2)cc1F)c1ccc(F)c(Cl)c1. The average molecular weight is 499 g/mol. The second kappa shape index (κ2) is 10.5. The maximum Gasteiger partial charge on any atom is 0.314 e. The monoisotopic (exact) mass is 498 g/mol. The van der Waals surface area contributed by atoms with Crippen LogP contribution in [0.1, 0.15) is 24.3 Å². The summed E-state index contributed by atoms with van der Waals surface area (Å²) in [4.78, 5) is 14.4. The Morgan fingerprint density at radius 1 is 1.18 bits per heavy atom. The van der Waals surface area contributed by atoms with E-state index in [1.54, 1.807) is 0 Å². The molecule has 0 aliphatic carbocycles. The first-order chi connectivity index (χ1) is 16.3. The van der Waals surface area contributed by atoms with Crippen molar-refractivity contribution < 1.29 is 31.5 Å². The van der Waals surface area contributed by atoms with Crippen molar-refractivity contribution in [3.05, 3.63) is 64.5 Å². The molecule has 1 aliphatic rings. The second-order valence-electron chi connectivity index (χ2n) is 7.53. The van der Waals surface area contributed by atoms with Crippen molar-refractivity contribution in [2.75, 3.05) is 24.6 Å². The number of hydrogen-bond acceptors (Lipinski definition) is 6. The summed E-state index contributed by atoms with van der Waals surface area (Å²) < 4.78 is 64.5. The third kappa shape index (κ3) is 5.54. The lowest BCUT2D eigenvalue weighted by Crippen LogP contribution is -2.42. The molecule has 1 aromatic heterocycles. The zero-order chi connectivity index (χ0) is 24.2. The van der Waals surface area contributed by atoms with Crippen molar-refractivity contribution in [2.24, 2.45) is 0 Å². The molecule has 12 heteroatoms. The summed E-state index contributed by atoms with van der Waals surface area (Å²) in [5, 5.41) is 9.67. The van der Waals surface area contributed by atoms with Gasteiger partial charge in [0.1, 0.15) is 11.6 Å². The number of carbonyl (C=O) groups is 1. The maximum atomic E-state index is 14.9. The number of alkyl halides is 2. The Morgan fingerprint density at radius 3 is 2.65 bits per heavy atom. The van der Waals surface area contributed by atoms with Crippen LogP contribution in [0.5, 0.6) is 0 Å². The molecule has 1 aliphatic heterocycles. The van der Waals surface area contributed by atoms with Gasteiger partial charge >= 0.3 is 6.43 Å². The molecule has 1 amide bonds. The van der Waals surface area contributed by atoms with Crippen LogP contribution in [0.3, 0.4) is 0 Å². The van der Waals surface area contributed by atoms with Crippen molar-refractivity contribution in [1.82, 2.24) is 15.5 Å². The number of carbonyl (C=O) groups excluding carboxylic acids is 1. The van der Waals surface area contributed by atoms with Gasteiger partial charge in [-0.2, -0.15) is 8.78 Å². The number of amides is 1. The van der Waals surface area contributed by atoms with Crippen LogP contribution >= 0.6 is 11.6 Å². The number of nitrogens with one attached hydrogen (secondary N) is 1. The molecule has 3 aromatic rings. The van der Waals surface area contributed by atoms with E-state index in [0.29, 0.717) is 19.7 Å². The molecule has 180 valence electrons. The predicted molar refractivity (Wildman–Crippen MR) is 114 cm³/mol. The number of hydrogen-bond donors (Lipinski definition) is 1. The number of morpholine rings is 1. The molecule has 0 radical (unpaired) electrons.